The van der Waals surface area contributed by atoms with Gasteiger partial charge in [0, 0.05) is 24.3 Å². The normalized spacial score (nSPS) is 15.0. The number of fused-ring (bicyclic) bond motifs is 1. The van der Waals surface area contributed by atoms with Gasteiger partial charge >= 0.3 is 0 Å². The lowest BCUT2D eigenvalue weighted by atomic mass is 9.94. The highest BCUT2D eigenvalue weighted by Crippen LogP contribution is 2.41. The lowest BCUT2D eigenvalue weighted by molar-refractivity contribution is -0.130. The second kappa shape index (κ2) is 11.0. The summed E-state index contributed by atoms with van der Waals surface area (Å²) in [7, 11) is 1.52. The quantitative estimate of drug-likeness (QED) is 0.220. The molecule has 0 fully saturated rings. The van der Waals surface area contributed by atoms with Crippen LogP contribution in [0, 0.1) is 0 Å². The van der Waals surface area contributed by atoms with Crippen LogP contribution in [0.25, 0.3) is 11.0 Å². The van der Waals surface area contributed by atoms with Gasteiger partial charge in [-0.05, 0) is 47.0 Å². The van der Waals surface area contributed by atoms with E-state index < -0.39 is 23.5 Å². The highest BCUT2D eigenvalue weighted by Gasteiger charge is 2.44. The van der Waals surface area contributed by atoms with Crippen molar-refractivity contribution in [1.82, 2.24) is 9.88 Å². The van der Waals surface area contributed by atoms with Gasteiger partial charge in [-0.25, -0.2) is 0 Å². The smallest absolute Gasteiger partial charge is 0.290 e. The molecular weight excluding hydrogens is 520 g/mol. The molecule has 0 aliphatic carbocycles. The van der Waals surface area contributed by atoms with Gasteiger partial charge in [-0.3, -0.25) is 14.6 Å². The third-order valence-electron chi connectivity index (χ3n) is 7.00. The maximum atomic E-state index is 14.0. The first-order chi connectivity index (χ1) is 20.0. The van der Waals surface area contributed by atoms with E-state index in [1.807, 2.05) is 42.5 Å². The molecule has 204 valence electrons. The highest BCUT2D eigenvalue weighted by atomic mass is 16.5. The first kappa shape index (κ1) is 25.9. The van der Waals surface area contributed by atoms with E-state index in [-0.39, 0.29) is 17.9 Å². The Bertz CT molecular complexity index is 1760. The number of pyridine rings is 1. The van der Waals surface area contributed by atoms with E-state index in [1.165, 1.54) is 12.0 Å². The number of furan rings is 1. The number of Topliss-reactive ketones (excluding diaryl/α,β-unsaturated/α-hetero) is 1. The Hall–Kier alpha value is -5.37. The molecule has 1 aliphatic rings. The topological polar surface area (TPSA) is 102 Å². The van der Waals surface area contributed by atoms with Crippen molar-refractivity contribution < 1.29 is 28.6 Å². The van der Waals surface area contributed by atoms with Crippen molar-refractivity contribution in [3.8, 4) is 11.5 Å². The highest BCUT2D eigenvalue weighted by molar-refractivity contribution is 6.16. The van der Waals surface area contributed by atoms with Crippen LogP contribution in [0.5, 0.6) is 11.5 Å². The van der Waals surface area contributed by atoms with Gasteiger partial charge in [-0.2, -0.15) is 0 Å². The van der Waals surface area contributed by atoms with Crippen molar-refractivity contribution in [3.05, 3.63) is 137 Å². The number of ketones is 1. The van der Waals surface area contributed by atoms with Gasteiger partial charge in [0.2, 0.25) is 5.78 Å². The Morgan fingerprint density at radius 3 is 2.56 bits per heavy atom. The average Bonchev–Trinajstić information content (AvgIpc) is 3.56. The minimum atomic E-state index is -0.898. The third-order valence-corrected chi connectivity index (χ3v) is 7.00. The number of carbonyl (C=O) groups excluding carboxylic acids is 2. The maximum absolute atomic E-state index is 14.0. The number of aliphatic hydroxyl groups is 1. The molecule has 0 bridgehead atoms. The summed E-state index contributed by atoms with van der Waals surface area (Å²) in [4.78, 5) is 33.1. The van der Waals surface area contributed by atoms with E-state index in [4.69, 9.17) is 13.9 Å². The molecule has 0 radical (unpaired) electrons. The van der Waals surface area contributed by atoms with Crippen molar-refractivity contribution in [3.63, 3.8) is 0 Å². The van der Waals surface area contributed by atoms with Crippen LogP contribution in [0.1, 0.15) is 33.3 Å². The summed E-state index contributed by atoms with van der Waals surface area (Å²) in [6.45, 7) is 0.474. The summed E-state index contributed by atoms with van der Waals surface area (Å²) in [6, 6.07) is 26.6. The standard InChI is InChI=1S/C33H26N2O6/c1-39-26-14-6-12-24-17-27(41-32(24)26)30(36)28-29(35(33(38)31(28)37)19-22-10-7-15-34-18-22)23-11-5-13-25(16-23)40-20-21-8-3-2-4-9-21/h2-18,29,37H,19-20H2,1H3. The number of hydrogen-bond acceptors (Lipinski definition) is 7. The second-order valence-corrected chi connectivity index (χ2v) is 9.62. The number of para-hydroxylation sites is 1. The number of carbonyl (C=O) groups is 2. The molecule has 8 nitrogen and oxygen atoms in total. The number of hydrogen-bond donors (Lipinski definition) is 1. The van der Waals surface area contributed by atoms with Crippen LogP contribution in [0.3, 0.4) is 0 Å². The summed E-state index contributed by atoms with van der Waals surface area (Å²) in [5.74, 6) is -0.850. The predicted molar refractivity (Wildman–Crippen MR) is 151 cm³/mol. The Morgan fingerprint density at radius 1 is 0.976 bits per heavy atom. The fourth-order valence-corrected chi connectivity index (χ4v) is 5.04. The number of amides is 1. The van der Waals surface area contributed by atoms with Gasteiger partial charge in [-0.1, -0.05) is 60.7 Å². The van der Waals surface area contributed by atoms with E-state index in [0.29, 0.717) is 34.6 Å². The largest absolute Gasteiger partial charge is 0.503 e. The SMILES string of the molecule is COc1cccc2cc(C(=O)C3=C(O)C(=O)N(Cc4cccnc4)C3c3cccc(OCc4ccccc4)c3)oc12. The molecule has 0 saturated carbocycles. The van der Waals surface area contributed by atoms with Gasteiger partial charge in [0.25, 0.3) is 5.91 Å². The van der Waals surface area contributed by atoms with Crippen LogP contribution >= 0.6 is 0 Å². The molecule has 6 rings (SSSR count). The summed E-state index contributed by atoms with van der Waals surface area (Å²) in [5.41, 5.74) is 2.69. The molecule has 1 atom stereocenters. The summed E-state index contributed by atoms with van der Waals surface area (Å²) in [5, 5.41) is 11.8. The van der Waals surface area contributed by atoms with Gasteiger partial charge in [0.15, 0.2) is 22.9 Å². The van der Waals surface area contributed by atoms with Crippen molar-refractivity contribution in [2.75, 3.05) is 7.11 Å². The van der Waals surface area contributed by atoms with Crippen LogP contribution in [0.15, 0.2) is 119 Å². The molecule has 3 heterocycles. The molecular formula is C33H26N2O6. The zero-order valence-electron chi connectivity index (χ0n) is 22.2. The van der Waals surface area contributed by atoms with E-state index in [0.717, 1.165) is 11.1 Å². The molecule has 2 aromatic heterocycles. The number of ether oxygens (including phenoxy) is 2. The van der Waals surface area contributed by atoms with Crippen LogP contribution in [-0.4, -0.2) is 33.8 Å². The minimum absolute atomic E-state index is 0.0106. The third kappa shape index (κ3) is 5.03. The van der Waals surface area contributed by atoms with Crippen LogP contribution < -0.4 is 9.47 Å². The molecule has 1 unspecified atom stereocenters. The first-order valence-electron chi connectivity index (χ1n) is 13.0. The molecule has 1 aliphatic heterocycles. The molecule has 5 aromatic rings. The Morgan fingerprint density at radius 2 is 1.78 bits per heavy atom. The monoisotopic (exact) mass is 546 g/mol. The predicted octanol–water partition coefficient (Wildman–Crippen LogP) is 6.19. The Labute approximate surface area is 236 Å². The van der Waals surface area contributed by atoms with Gasteiger partial charge in [0.05, 0.1) is 18.7 Å². The number of rotatable bonds is 9. The fourth-order valence-electron chi connectivity index (χ4n) is 5.04. The van der Waals surface area contributed by atoms with Gasteiger partial charge in [-0.15, -0.1) is 0 Å². The fraction of sp³-hybridized carbons (Fsp3) is 0.121. The van der Waals surface area contributed by atoms with Crippen LogP contribution in [0.4, 0.5) is 0 Å². The second-order valence-electron chi connectivity index (χ2n) is 9.62. The average molecular weight is 547 g/mol. The van der Waals surface area contributed by atoms with Crippen molar-refractivity contribution >= 4 is 22.7 Å². The Kier molecular flexibility index (Phi) is 6.95. The molecule has 8 heteroatoms. The molecule has 0 saturated heterocycles. The van der Waals surface area contributed by atoms with Gasteiger partial charge in [0.1, 0.15) is 12.4 Å². The molecule has 0 spiro atoms. The van der Waals surface area contributed by atoms with E-state index in [1.54, 1.807) is 60.9 Å². The van der Waals surface area contributed by atoms with Crippen molar-refractivity contribution in [2.24, 2.45) is 0 Å². The van der Waals surface area contributed by atoms with Gasteiger partial charge < -0.3 is 23.9 Å². The number of benzene rings is 3. The lowest BCUT2D eigenvalue weighted by Crippen LogP contribution is -2.30. The lowest BCUT2D eigenvalue weighted by Gasteiger charge is -2.27. The number of methoxy groups -OCH3 is 1. The number of aliphatic hydroxyl groups excluding tert-OH is 1. The van der Waals surface area contributed by atoms with E-state index in [2.05, 4.69) is 4.98 Å². The Balaban J connectivity index is 1.39. The van der Waals surface area contributed by atoms with E-state index >= 15 is 0 Å². The minimum Gasteiger partial charge on any atom is -0.503 e. The van der Waals surface area contributed by atoms with E-state index in [9.17, 15) is 14.7 Å². The number of aromatic nitrogens is 1. The summed E-state index contributed by atoms with van der Waals surface area (Å²) in [6.07, 6.45) is 3.28. The zero-order chi connectivity index (χ0) is 28.3. The molecule has 1 N–H and O–H groups in total. The zero-order valence-corrected chi connectivity index (χ0v) is 22.2. The van der Waals surface area contributed by atoms with Crippen molar-refractivity contribution in [1.29, 1.82) is 0 Å². The molecule has 1 amide bonds. The summed E-state index contributed by atoms with van der Waals surface area (Å²) < 4.78 is 17.3. The molecule has 3 aromatic carbocycles. The number of nitrogens with zero attached hydrogens (tertiary/aromatic N) is 2. The molecule has 41 heavy (non-hydrogen) atoms. The first-order valence-corrected chi connectivity index (χ1v) is 13.0. The van der Waals surface area contributed by atoms with Crippen LogP contribution in [-0.2, 0) is 17.9 Å². The summed E-state index contributed by atoms with van der Waals surface area (Å²) >= 11 is 0. The van der Waals surface area contributed by atoms with Crippen LogP contribution in [0.2, 0.25) is 0 Å². The maximum Gasteiger partial charge on any atom is 0.290 e. The van der Waals surface area contributed by atoms with Crippen molar-refractivity contribution in [2.45, 2.75) is 19.2 Å².